The summed E-state index contributed by atoms with van der Waals surface area (Å²) < 4.78 is 2.43. The first-order valence-corrected chi connectivity index (χ1v) is 7.43. The number of benzene rings is 1. The SMILES string of the molecule is CCC1CCC(n2c(C)nc3cc(N)ccc32)CC1. The van der Waals surface area contributed by atoms with E-state index in [0.717, 1.165) is 22.9 Å². The van der Waals surface area contributed by atoms with E-state index in [9.17, 15) is 0 Å². The van der Waals surface area contributed by atoms with Crippen LogP contribution in [0.4, 0.5) is 5.69 Å². The summed E-state index contributed by atoms with van der Waals surface area (Å²) in [7, 11) is 0. The highest BCUT2D eigenvalue weighted by molar-refractivity contribution is 5.79. The van der Waals surface area contributed by atoms with Crippen molar-refractivity contribution < 1.29 is 0 Å². The number of hydrogen-bond donors (Lipinski definition) is 1. The smallest absolute Gasteiger partial charge is 0.106 e. The Labute approximate surface area is 114 Å². The Hall–Kier alpha value is -1.51. The van der Waals surface area contributed by atoms with E-state index in [1.54, 1.807) is 0 Å². The molecule has 0 spiro atoms. The fourth-order valence-electron chi connectivity index (χ4n) is 3.51. The second kappa shape index (κ2) is 4.87. The van der Waals surface area contributed by atoms with Crippen LogP contribution in [0, 0.1) is 12.8 Å². The highest BCUT2D eigenvalue weighted by atomic mass is 15.1. The highest BCUT2D eigenvalue weighted by Crippen LogP contribution is 2.36. The maximum atomic E-state index is 5.85. The quantitative estimate of drug-likeness (QED) is 0.824. The molecule has 19 heavy (non-hydrogen) atoms. The van der Waals surface area contributed by atoms with Crippen LogP contribution >= 0.6 is 0 Å². The highest BCUT2D eigenvalue weighted by Gasteiger charge is 2.23. The monoisotopic (exact) mass is 257 g/mol. The summed E-state index contributed by atoms with van der Waals surface area (Å²) in [5.74, 6) is 2.06. The van der Waals surface area contributed by atoms with E-state index in [4.69, 9.17) is 5.73 Å². The molecular weight excluding hydrogens is 234 g/mol. The maximum Gasteiger partial charge on any atom is 0.106 e. The molecule has 1 aliphatic rings. The van der Waals surface area contributed by atoms with Gasteiger partial charge in [0.15, 0.2) is 0 Å². The molecule has 0 unspecified atom stereocenters. The van der Waals surface area contributed by atoms with Crippen molar-refractivity contribution in [2.24, 2.45) is 5.92 Å². The molecule has 0 radical (unpaired) electrons. The molecule has 3 heteroatoms. The number of aryl methyl sites for hydroxylation is 1. The number of nitrogens with zero attached hydrogens (tertiary/aromatic N) is 2. The number of nitrogens with two attached hydrogens (primary N) is 1. The average Bonchev–Trinajstić information content (AvgIpc) is 2.74. The van der Waals surface area contributed by atoms with Gasteiger partial charge < -0.3 is 10.3 Å². The van der Waals surface area contributed by atoms with E-state index in [1.807, 2.05) is 12.1 Å². The van der Waals surface area contributed by atoms with Gasteiger partial charge in [0.2, 0.25) is 0 Å². The largest absolute Gasteiger partial charge is 0.399 e. The Morgan fingerprint density at radius 1 is 1.26 bits per heavy atom. The van der Waals surface area contributed by atoms with Crippen LogP contribution in [0.1, 0.15) is 50.9 Å². The number of imidazole rings is 1. The first-order valence-electron chi connectivity index (χ1n) is 7.43. The minimum Gasteiger partial charge on any atom is -0.399 e. The second-order valence-corrected chi connectivity index (χ2v) is 5.86. The Kier molecular flexibility index (Phi) is 3.21. The van der Waals surface area contributed by atoms with Crippen LogP contribution in [0.25, 0.3) is 11.0 Å². The molecule has 0 atom stereocenters. The molecule has 2 N–H and O–H groups in total. The molecule has 1 aromatic carbocycles. The molecule has 1 aromatic heterocycles. The van der Waals surface area contributed by atoms with Gasteiger partial charge in [0.25, 0.3) is 0 Å². The molecule has 1 heterocycles. The molecule has 0 aliphatic heterocycles. The van der Waals surface area contributed by atoms with Gasteiger partial charge in [-0.1, -0.05) is 13.3 Å². The van der Waals surface area contributed by atoms with Crippen LogP contribution in [-0.4, -0.2) is 9.55 Å². The van der Waals surface area contributed by atoms with Crippen molar-refractivity contribution in [3.8, 4) is 0 Å². The Bertz CT molecular complexity index is 577. The lowest BCUT2D eigenvalue weighted by Gasteiger charge is -2.30. The predicted molar refractivity (Wildman–Crippen MR) is 80.2 cm³/mol. The van der Waals surface area contributed by atoms with Gasteiger partial charge in [0, 0.05) is 11.7 Å². The van der Waals surface area contributed by atoms with Crippen LogP contribution in [0.2, 0.25) is 0 Å². The van der Waals surface area contributed by atoms with Crippen molar-refractivity contribution in [2.45, 2.75) is 52.0 Å². The zero-order valence-corrected chi connectivity index (χ0v) is 11.9. The molecule has 0 amide bonds. The van der Waals surface area contributed by atoms with E-state index >= 15 is 0 Å². The molecule has 3 rings (SSSR count). The summed E-state index contributed by atoms with van der Waals surface area (Å²) in [6, 6.07) is 6.71. The molecule has 2 aromatic rings. The van der Waals surface area contributed by atoms with Gasteiger partial charge in [0.1, 0.15) is 5.82 Å². The fraction of sp³-hybridized carbons (Fsp3) is 0.562. The van der Waals surface area contributed by atoms with Crippen molar-refractivity contribution in [1.82, 2.24) is 9.55 Å². The fourth-order valence-corrected chi connectivity index (χ4v) is 3.51. The van der Waals surface area contributed by atoms with E-state index in [0.29, 0.717) is 6.04 Å². The minimum absolute atomic E-state index is 0.622. The summed E-state index contributed by atoms with van der Waals surface area (Å²) >= 11 is 0. The van der Waals surface area contributed by atoms with Crippen LogP contribution in [-0.2, 0) is 0 Å². The van der Waals surface area contributed by atoms with Gasteiger partial charge in [-0.3, -0.25) is 0 Å². The van der Waals surface area contributed by atoms with Crippen LogP contribution in [0.5, 0.6) is 0 Å². The first-order chi connectivity index (χ1) is 9.19. The Balaban J connectivity index is 1.94. The van der Waals surface area contributed by atoms with Gasteiger partial charge in [0.05, 0.1) is 11.0 Å². The van der Waals surface area contributed by atoms with Gasteiger partial charge >= 0.3 is 0 Å². The minimum atomic E-state index is 0.622. The third-order valence-electron chi connectivity index (χ3n) is 4.65. The molecule has 3 nitrogen and oxygen atoms in total. The summed E-state index contributed by atoms with van der Waals surface area (Å²) in [5, 5.41) is 0. The second-order valence-electron chi connectivity index (χ2n) is 5.86. The van der Waals surface area contributed by atoms with E-state index in [-0.39, 0.29) is 0 Å². The Morgan fingerprint density at radius 3 is 2.68 bits per heavy atom. The lowest BCUT2D eigenvalue weighted by atomic mass is 9.84. The number of aromatic nitrogens is 2. The van der Waals surface area contributed by atoms with Gasteiger partial charge in [-0.05, 0) is 56.7 Å². The number of hydrogen-bond acceptors (Lipinski definition) is 2. The van der Waals surface area contributed by atoms with E-state index < -0.39 is 0 Å². The Morgan fingerprint density at radius 2 is 2.00 bits per heavy atom. The summed E-state index contributed by atoms with van der Waals surface area (Å²) in [6.45, 7) is 4.42. The number of anilines is 1. The van der Waals surface area contributed by atoms with Crippen molar-refractivity contribution in [1.29, 1.82) is 0 Å². The summed E-state index contributed by atoms with van der Waals surface area (Å²) in [5.41, 5.74) is 8.93. The predicted octanol–water partition coefficient (Wildman–Crippen LogP) is 4.07. The average molecular weight is 257 g/mol. The van der Waals surface area contributed by atoms with Gasteiger partial charge in [-0.25, -0.2) is 4.98 Å². The van der Waals surface area contributed by atoms with E-state index in [2.05, 4.69) is 29.5 Å². The van der Waals surface area contributed by atoms with Crippen molar-refractivity contribution in [3.63, 3.8) is 0 Å². The molecule has 1 saturated carbocycles. The normalized spacial score (nSPS) is 23.9. The van der Waals surface area contributed by atoms with Gasteiger partial charge in [-0.2, -0.15) is 0 Å². The number of nitrogen functional groups attached to an aromatic ring is 1. The molecule has 0 saturated heterocycles. The van der Waals surface area contributed by atoms with E-state index in [1.165, 1.54) is 37.6 Å². The third-order valence-corrected chi connectivity index (χ3v) is 4.65. The van der Waals surface area contributed by atoms with Crippen LogP contribution in [0.3, 0.4) is 0 Å². The molecule has 1 aliphatic carbocycles. The maximum absolute atomic E-state index is 5.85. The van der Waals surface area contributed by atoms with Crippen LogP contribution < -0.4 is 5.73 Å². The lowest BCUT2D eigenvalue weighted by molar-refractivity contribution is 0.271. The molecule has 1 fully saturated rings. The number of rotatable bonds is 2. The zero-order valence-electron chi connectivity index (χ0n) is 11.9. The molecular formula is C16H23N3. The zero-order chi connectivity index (χ0) is 13.4. The van der Waals surface area contributed by atoms with Crippen molar-refractivity contribution >= 4 is 16.7 Å². The standard InChI is InChI=1S/C16H23N3/c1-3-12-4-7-14(8-5-12)19-11(2)18-15-10-13(17)6-9-16(15)19/h6,9-10,12,14H,3-5,7-8,17H2,1-2H3. The van der Waals surface area contributed by atoms with Crippen molar-refractivity contribution in [2.75, 3.05) is 5.73 Å². The van der Waals surface area contributed by atoms with Crippen molar-refractivity contribution in [3.05, 3.63) is 24.0 Å². The lowest BCUT2D eigenvalue weighted by Crippen LogP contribution is -2.18. The first kappa shape index (κ1) is 12.5. The topological polar surface area (TPSA) is 43.8 Å². The molecule has 0 bridgehead atoms. The summed E-state index contributed by atoms with van der Waals surface area (Å²) in [6.07, 6.45) is 6.61. The molecule has 102 valence electrons. The number of fused-ring (bicyclic) bond motifs is 1. The third kappa shape index (κ3) is 2.22. The summed E-state index contributed by atoms with van der Waals surface area (Å²) in [4.78, 5) is 4.67. The van der Waals surface area contributed by atoms with Crippen LogP contribution in [0.15, 0.2) is 18.2 Å². The van der Waals surface area contributed by atoms with Gasteiger partial charge in [-0.15, -0.1) is 0 Å².